The number of amides is 1. The number of hydrogen-bond donors (Lipinski definition) is 1. The number of methoxy groups -OCH3 is 1. The van der Waals surface area contributed by atoms with Crippen LogP contribution < -0.4 is 14.8 Å². The number of carbonyl (C=O) groups excluding carboxylic acids is 1. The molecule has 0 bridgehead atoms. The average Bonchev–Trinajstić information content (AvgIpc) is 2.65. The van der Waals surface area contributed by atoms with Crippen LogP contribution in [0.1, 0.15) is 20.8 Å². The molecule has 0 spiro atoms. The molecule has 0 aliphatic heterocycles. The van der Waals surface area contributed by atoms with Crippen molar-refractivity contribution in [3.63, 3.8) is 0 Å². The van der Waals surface area contributed by atoms with Crippen molar-refractivity contribution < 1.29 is 14.3 Å². The molecule has 0 heterocycles. The molecular weight excluding hydrogens is 332 g/mol. The van der Waals surface area contributed by atoms with Crippen molar-refractivity contribution in [1.29, 1.82) is 0 Å². The van der Waals surface area contributed by atoms with Crippen LogP contribution in [0.4, 0.5) is 0 Å². The fourth-order valence-corrected chi connectivity index (χ4v) is 2.43. The van der Waals surface area contributed by atoms with Gasteiger partial charge in [-0.2, -0.15) is 0 Å². The van der Waals surface area contributed by atoms with E-state index in [1.807, 2.05) is 61.9 Å². The van der Waals surface area contributed by atoms with Crippen molar-refractivity contribution in [3.05, 3.63) is 24.3 Å². The quantitative estimate of drug-likeness (QED) is 0.390. The standard InChI is InChI=1S/C19H32N4O3/c1-6-20-19(22(4)15-18(24)23(7-2)8-3)21-12-13-26-17-11-9-10-16(14-17)25-5/h9-11,14H,6-8,12-13,15H2,1-5H3,(H,20,21). The monoisotopic (exact) mass is 364 g/mol. The second kappa shape index (κ2) is 12.0. The summed E-state index contributed by atoms with van der Waals surface area (Å²) in [6.45, 7) is 9.36. The molecule has 1 aromatic rings. The van der Waals surface area contributed by atoms with Crippen LogP contribution in [-0.4, -0.2) is 75.2 Å². The molecule has 1 aromatic carbocycles. The Bertz CT molecular complexity index is 574. The van der Waals surface area contributed by atoms with Crippen molar-refractivity contribution in [2.45, 2.75) is 20.8 Å². The number of guanidine groups is 1. The SMILES string of the molecule is CCNC(=NCCOc1cccc(OC)c1)N(C)CC(=O)N(CC)CC. The number of nitrogens with one attached hydrogen (secondary N) is 1. The summed E-state index contributed by atoms with van der Waals surface area (Å²) in [5.74, 6) is 2.29. The van der Waals surface area contributed by atoms with E-state index in [4.69, 9.17) is 9.47 Å². The van der Waals surface area contributed by atoms with Crippen LogP contribution in [0, 0.1) is 0 Å². The zero-order valence-corrected chi connectivity index (χ0v) is 16.6. The van der Waals surface area contributed by atoms with Crippen molar-refractivity contribution in [3.8, 4) is 11.5 Å². The molecule has 1 N–H and O–H groups in total. The number of aliphatic imine (C=N–C) groups is 1. The third-order valence-corrected chi connectivity index (χ3v) is 3.85. The number of benzene rings is 1. The highest BCUT2D eigenvalue weighted by atomic mass is 16.5. The highest BCUT2D eigenvalue weighted by molar-refractivity contribution is 5.86. The van der Waals surface area contributed by atoms with Gasteiger partial charge in [-0.05, 0) is 32.9 Å². The predicted octanol–water partition coefficient (Wildman–Crippen LogP) is 1.84. The van der Waals surface area contributed by atoms with Gasteiger partial charge in [0.15, 0.2) is 5.96 Å². The van der Waals surface area contributed by atoms with Gasteiger partial charge in [0.1, 0.15) is 18.1 Å². The molecule has 7 heteroatoms. The molecule has 1 rings (SSSR count). The summed E-state index contributed by atoms with van der Waals surface area (Å²) in [5.41, 5.74) is 0. The van der Waals surface area contributed by atoms with Crippen molar-refractivity contribution in [2.24, 2.45) is 4.99 Å². The first-order valence-electron chi connectivity index (χ1n) is 9.09. The van der Waals surface area contributed by atoms with Gasteiger partial charge in [0, 0.05) is 32.7 Å². The first-order chi connectivity index (χ1) is 12.5. The van der Waals surface area contributed by atoms with Crippen molar-refractivity contribution in [1.82, 2.24) is 15.1 Å². The number of hydrogen-bond acceptors (Lipinski definition) is 4. The molecule has 0 saturated heterocycles. The molecule has 0 radical (unpaired) electrons. The largest absolute Gasteiger partial charge is 0.497 e. The Morgan fingerprint density at radius 2 is 1.88 bits per heavy atom. The van der Waals surface area contributed by atoms with Gasteiger partial charge in [0.25, 0.3) is 0 Å². The summed E-state index contributed by atoms with van der Waals surface area (Å²) in [5, 5.41) is 3.21. The van der Waals surface area contributed by atoms with Gasteiger partial charge in [-0.1, -0.05) is 6.07 Å². The van der Waals surface area contributed by atoms with Gasteiger partial charge in [0.05, 0.1) is 20.2 Å². The Kier molecular flexibility index (Phi) is 9.97. The lowest BCUT2D eigenvalue weighted by Crippen LogP contribution is -2.45. The molecule has 7 nitrogen and oxygen atoms in total. The van der Waals surface area contributed by atoms with Crippen molar-refractivity contribution in [2.75, 3.05) is 53.5 Å². The molecule has 0 aliphatic carbocycles. The number of ether oxygens (including phenoxy) is 2. The minimum Gasteiger partial charge on any atom is -0.497 e. The third-order valence-electron chi connectivity index (χ3n) is 3.85. The first kappa shape index (κ1) is 21.6. The fraction of sp³-hybridized carbons (Fsp3) is 0.579. The maximum absolute atomic E-state index is 12.3. The van der Waals surface area contributed by atoms with Gasteiger partial charge < -0.3 is 24.6 Å². The van der Waals surface area contributed by atoms with Gasteiger partial charge >= 0.3 is 0 Å². The van der Waals surface area contributed by atoms with Gasteiger partial charge in [-0.25, -0.2) is 4.99 Å². The van der Waals surface area contributed by atoms with E-state index >= 15 is 0 Å². The summed E-state index contributed by atoms with van der Waals surface area (Å²) < 4.78 is 10.9. The molecule has 0 atom stereocenters. The average molecular weight is 364 g/mol. The Labute approximate surface area is 157 Å². The van der Waals surface area contributed by atoms with E-state index in [1.165, 1.54) is 0 Å². The van der Waals surface area contributed by atoms with E-state index in [2.05, 4.69) is 10.3 Å². The minimum absolute atomic E-state index is 0.0933. The van der Waals surface area contributed by atoms with Crippen LogP contribution in [0.15, 0.2) is 29.3 Å². The highest BCUT2D eigenvalue weighted by Crippen LogP contribution is 2.18. The zero-order chi connectivity index (χ0) is 19.4. The molecule has 0 aliphatic rings. The Hall–Kier alpha value is -2.44. The van der Waals surface area contributed by atoms with E-state index in [9.17, 15) is 4.79 Å². The van der Waals surface area contributed by atoms with Crippen LogP contribution >= 0.6 is 0 Å². The fourth-order valence-electron chi connectivity index (χ4n) is 2.43. The number of rotatable bonds is 10. The summed E-state index contributed by atoms with van der Waals surface area (Å²) >= 11 is 0. The van der Waals surface area contributed by atoms with Gasteiger partial charge in [-0.3, -0.25) is 4.79 Å². The minimum atomic E-state index is 0.0933. The second-order valence-corrected chi connectivity index (χ2v) is 5.69. The van der Waals surface area contributed by atoms with Crippen LogP contribution in [0.3, 0.4) is 0 Å². The summed E-state index contributed by atoms with van der Waals surface area (Å²) in [6, 6.07) is 7.47. The van der Waals surface area contributed by atoms with E-state index in [1.54, 1.807) is 7.11 Å². The Balaban J connectivity index is 2.57. The molecular formula is C19H32N4O3. The number of likely N-dealkylation sites (N-methyl/N-ethyl adjacent to an activating group) is 2. The third kappa shape index (κ3) is 7.21. The smallest absolute Gasteiger partial charge is 0.242 e. The topological polar surface area (TPSA) is 66.4 Å². The first-order valence-corrected chi connectivity index (χ1v) is 9.09. The number of carbonyl (C=O) groups is 1. The Morgan fingerprint density at radius 1 is 1.19 bits per heavy atom. The lowest BCUT2D eigenvalue weighted by molar-refractivity contribution is -0.131. The van der Waals surface area contributed by atoms with Crippen LogP contribution in [0.5, 0.6) is 11.5 Å². The Morgan fingerprint density at radius 3 is 2.50 bits per heavy atom. The normalized spacial score (nSPS) is 11.0. The molecule has 0 fully saturated rings. The van der Waals surface area contributed by atoms with E-state index < -0.39 is 0 Å². The maximum Gasteiger partial charge on any atom is 0.242 e. The lowest BCUT2D eigenvalue weighted by atomic mass is 10.3. The molecule has 1 amide bonds. The van der Waals surface area contributed by atoms with E-state index in [-0.39, 0.29) is 5.91 Å². The van der Waals surface area contributed by atoms with Gasteiger partial charge in [-0.15, -0.1) is 0 Å². The van der Waals surface area contributed by atoms with Crippen LogP contribution in [-0.2, 0) is 4.79 Å². The molecule has 0 saturated carbocycles. The maximum atomic E-state index is 12.3. The molecule has 26 heavy (non-hydrogen) atoms. The second-order valence-electron chi connectivity index (χ2n) is 5.69. The lowest BCUT2D eigenvalue weighted by Gasteiger charge is -2.25. The summed E-state index contributed by atoms with van der Waals surface area (Å²) in [4.78, 5) is 20.5. The highest BCUT2D eigenvalue weighted by Gasteiger charge is 2.14. The number of nitrogens with zero attached hydrogens (tertiary/aromatic N) is 3. The summed E-state index contributed by atoms with van der Waals surface area (Å²) in [7, 11) is 3.49. The van der Waals surface area contributed by atoms with E-state index in [0.717, 1.165) is 18.0 Å². The predicted molar refractivity (Wildman–Crippen MR) is 105 cm³/mol. The van der Waals surface area contributed by atoms with Crippen LogP contribution in [0.2, 0.25) is 0 Å². The zero-order valence-electron chi connectivity index (χ0n) is 16.6. The summed E-state index contributed by atoms with van der Waals surface area (Å²) in [6.07, 6.45) is 0. The van der Waals surface area contributed by atoms with Crippen LogP contribution in [0.25, 0.3) is 0 Å². The molecule has 146 valence electrons. The van der Waals surface area contributed by atoms with Crippen molar-refractivity contribution >= 4 is 11.9 Å². The molecule has 0 unspecified atom stereocenters. The molecule has 0 aromatic heterocycles. The van der Waals surface area contributed by atoms with E-state index in [0.29, 0.717) is 38.7 Å². The van der Waals surface area contributed by atoms with Gasteiger partial charge in [0.2, 0.25) is 5.91 Å².